The van der Waals surface area contributed by atoms with Crippen LogP contribution in [0.2, 0.25) is 0 Å². The number of nitrogens with zero attached hydrogens (tertiary/aromatic N) is 6. The summed E-state index contributed by atoms with van der Waals surface area (Å²) < 4.78 is 3.38. The Labute approximate surface area is 164 Å². The molecule has 0 bridgehead atoms. The molecule has 28 heavy (non-hydrogen) atoms. The Morgan fingerprint density at radius 2 is 1.93 bits per heavy atom. The number of amides is 1. The number of carbonyl (C=O) groups excluding carboxylic acids is 1. The fourth-order valence-electron chi connectivity index (χ4n) is 3.35. The van der Waals surface area contributed by atoms with E-state index in [4.69, 9.17) is 0 Å². The Hall–Kier alpha value is -3.00. The van der Waals surface area contributed by atoms with Crippen molar-refractivity contribution in [3.05, 3.63) is 54.1 Å². The number of rotatable bonds is 4. The molecule has 8 nitrogen and oxygen atoms in total. The van der Waals surface area contributed by atoms with Gasteiger partial charge in [0.25, 0.3) is 5.91 Å². The molecule has 3 heterocycles. The highest BCUT2D eigenvalue weighted by atomic mass is 16.2. The van der Waals surface area contributed by atoms with E-state index >= 15 is 0 Å². The van der Waals surface area contributed by atoms with E-state index in [-0.39, 0.29) is 11.9 Å². The van der Waals surface area contributed by atoms with Crippen LogP contribution in [-0.4, -0.2) is 61.3 Å². The fraction of sp³-hybridized carbons (Fsp3) is 0.400. The molecule has 0 unspecified atom stereocenters. The van der Waals surface area contributed by atoms with Gasteiger partial charge in [-0.25, -0.2) is 9.36 Å². The standard InChI is InChI=1S/C20H25N7O/c1-14(2)16-4-6-17(7-5-16)26-12-18(10-22-26)27-13-19(23-24-27)20(28)25-9-8-21-15(3)11-25/h4-7,10,12-15,21H,8-9,11H2,1-3H3/t15-/m0/s1. The Morgan fingerprint density at radius 1 is 1.14 bits per heavy atom. The normalized spacial score (nSPS) is 17.3. The zero-order valence-corrected chi connectivity index (χ0v) is 16.4. The van der Waals surface area contributed by atoms with E-state index in [1.54, 1.807) is 21.8 Å². The van der Waals surface area contributed by atoms with Crippen LogP contribution in [0.4, 0.5) is 0 Å². The summed E-state index contributed by atoms with van der Waals surface area (Å²) in [6, 6.07) is 8.61. The molecule has 2 aromatic heterocycles. The summed E-state index contributed by atoms with van der Waals surface area (Å²) in [5.74, 6) is 0.406. The van der Waals surface area contributed by atoms with Gasteiger partial charge in [0.2, 0.25) is 0 Å². The highest BCUT2D eigenvalue weighted by Crippen LogP contribution is 2.17. The van der Waals surface area contributed by atoms with Crippen LogP contribution in [-0.2, 0) is 0 Å². The molecule has 1 aliphatic heterocycles. The van der Waals surface area contributed by atoms with E-state index < -0.39 is 0 Å². The van der Waals surface area contributed by atoms with Gasteiger partial charge in [-0.15, -0.1) is 5.10 Å². The van der Waals surface area contributed by atoms with Crippen LogP contribution in [0.5, 0.6) is 0 Å². The Morgan fingerprint density at radius 3 is 2.64 bits per heavy atom. The van der Waals surface area contributed by atoms with Gasteiger partial charge in [0.15, 0.2) is 5.69 Å². The lowest BCUT2D eigenvalue weighted by Crippen LogP contribution is -2.51. The van der Waals surface area contributed by atoms with Gasteiger partial charge >= 0.3 is 0 Å². The molecule has 4 rings (SSSR count). The summed E-state index contributed by atoms with van der Waals surface area (Å²) in [6.45, 7) is 8.56. The van der Waals surface area contributed by atoms with Crippen LogP contribution < -0.4 is 5.32 Å². The molecule has 1 saturated heterocycles. The van der Waals surface area contributed by atoms with E-state index in [0.29, 0.717) is 24.7 Å². The van der Waals surface area contributed by atoms with Gasteiger partial charge in [0.05, 0.1) is 24.3 Å². The average Bonchev–Trinajstić information content (AvgIpc) is 3.37. The second-order valence-corrected chi connectivity index (χ2v) is 7.54. The molecule has 0 aliphatic carbocycles. The molecule has 1 aromatic carbocycles. The number of nitrogens with one attached hydrogen (secondary N) is 1. The lowest BCUT2D eigenvalue weighted by atomic mass is 10.0. The van der Waals surface area contributed by atoms with Crippen molar-refractivity contribution in [1.29, 1.82) is 0 Å². The molecule has 1 fully saturated rings. The molecule has 1 atom stereocenters. The second kappa shape index (κ2) is 7.55. The number of benzene rings is 1. The van der Waals surface area contributed by atoms with Crippen molar-refractivity contribution in [1.82, 2.24) is 35.0 Å². The van der Waals surface area contributed by atoms with Crippen LogP contribution in [0.1, 0.15) is 42.7 Å². The predicted molar refractivity (Wildman–Crippen MR) is 106 cm³/mol. The van der Waals surface area contributed by atoms with Gasteiger partial charge in [0.1, 0.15) is 5.69 Å². The minimum Gasteiger partial charge on any atom is -0.334 e. The van der Waals surface area contributed by atoms with Gasteiger partial charge < -0.3 is 10.2 Å². The highest BCUT2D eigenvalue weighted by molar-refractivity contribution is 5.92. The summed E-state index contributed by atoms with van der Waals surface area (Å²) in [5, 5.41) is 15.9. The van der Waals surface area contributed by atoms with Gasteiger partial charge in [-0.1, -0.05) is 31.2 Å². The molecular weight excluding hydrogens is 354 g/mol. The highest BCUT2D eigenvalue weighted by Gasteiger charge is 2.24. The van der Waals surface area contributed by atoms with Crippen LogP contribution >= 0.6 is 0 Å². The van der Waals surface area contributed by atoms with E-state index in [2.05, 4.69) is 53.6 Å². The van der Waals surface area contributed by atoms with Crippen molar-refractivity contribution in [2.45, 2.75) is 32.7 Å². The zero-order valence-electron chi connectivity index (χ0n) is 16.4. The first-order chi connectivity index (χ1) is 13.5. The van der Waals surface area contributed by atoms with Crippen molar-refractivity contribution in [3.63, 3.8) is 0 Å². The fourth-order valence-corrected chi connectivity index (χ4v) is 3.35. The molecule has 3 aromatic rings. The average molecular weight is 379 g/mol. The first kappa shape index (κ1) is 18.4. The van der Waals surface area contributed by atoms with Gasteiger partial charge in [-0.05, 0) is 30.5 Å². The molecule has 1 N–H and O–H groups in total. The van der Waals surface area contributed by atoms with Crippen molar-refractivity contribution in [2.24, 2.45) is 0 Å². The molecule has 0 spiro atoms. The summed E-state index contributed by atoms with van der Waals surface area (Å²) >= 11 is 0. The molecular formula is C20H25N7O. The molecule has 8 heteroatoms. The summed E-state index contributed by atoms with van der Waals surface area (Å²) in [5.41, 5.74) is 3.37. The van der Waals surface area contributed by atoms with E-state index in [9.17, 15) is 4.79 Å². The molecule has 0 saturated carbocycles. The van der Waals surface area contributed by atoms with Crippen LogP contribution in [0.3, 0.4) is 0 Å². The lowest BCUT2D eigenvalue weighted by molar-refractivity contribution is 0.0703. The third-order valence-electron chi connectivity index (χ3n) is 5.03. The maximum Gasteiger partial charge on any atom is 0.276 e. The van der Waals surface area contributed by atoms with Crippen molar-refractivity contribution in [3.8, 4) is 11.4 Å². The summed E-state index contributed by atoms with van der Waals surface area (Å²) in [4.78, 5) is 14.5. The monoisotopic (exact) mass is 379 g/mol. The summed E-state index contributed by atoms with van der Waals surface area (Å²) in [7, 11) is 0. The molecule has 0 radical (unpaired) electrons. The zero-order chi connectivity index (χ0) is 19.7. The first-order valence-electron chi connectivity index (χ1n) is 9.61. The van der Waals surface area contributed by atoms with Crippen LogP contribution in [0.25, 0.3) is 11.4 Å². The molecule has 146 valence electrons. The number of aromatic nitrogens is 5. The summed E-state index contributed by atoms with van der Waals surface area (Å²) in [6.07, 6.45) is 5.25. The van der Waals surface area contributed by atoms with Crippen LogP contribution in [0, 0.1) is 0 Å². The lowest BCUT2D eigenvalue weighted by Gasteiger charge is -2.31. The van der Waals surface area contributed by atoms with Gasteiger partial charge in [-0.2, -0.15) is 5.10 Å². The largest absolute Gasteiger partial charge is 0.334 e. The molecule has 1 aliphatic rings. The molecule has 1 amide bonds. The van der Waals surface area contributed by atoms with E-state index in [1.807, 2.05) is 23.2 Å². The van der Waals surface area contributed by atoms with Crippen molar-refractivity contribution >= 4 is 5.91 Å². The topological polar surface area (TPSA) is 80.9 Å². The smallest absolute Gasteiger partial charge is 0.276 e. The second-order valence-electron chi connectivity index (χ2n) is 7.54. The van der Waals surface area contributed by atoms with E-state index in [0.717, 1.165) is 17.9 Å². The number of piperazine rings is 1. The number of hydrogen-bond acceptors (Lipinski definition) is 5. The third-order valence-corrected chi connectivity index (χ3v) is 5.03. The number of carbonyl (C=O) groups is 1. The predicted octanol–water partition coefficient (Wildman–Crippen LogP) is 2.01. The van der Waals surface area contributed by atoms with Crippen molar-refractivity contribution < 1.29 is 4.79 Å². The minimum absolute atomic E-state index is 0.0868. The van der Waals surface area contributed by atoms with Crippen molar-refractivity contribution in [2.75, 3.05) is 19.6 Å². The Kier molecular flexibility index (Phi) is 4.95. The Bertz CT molecular complexity index is 957. The van der Waals surface area contributed by atoms with Gasteiger partial charge in [-0.3, -0.25) is 4.79 Å². The Balaban J connectivity index is 1.51. The minimum atomic E-state index is -0.0868. The SMILES string of the molecule is CC(C)c1ccc(-n2cc(-n3cc(C(=O)N4CCN[C@@H](C)C4)nn3)cn2)cc1. The third kappa shape index (κ3) is 3.68. The first-order valence-corrected chi connectivity index (χ1v) is 9.61. The maximum absolute atomic E-state index is 12.7. The van der Waals surface area contributed by atoms with Crippen LogP contribution in [0.15, 0.2) is 42.9 Å². The maximum atomic E-state index is 12.7. The van der Waals surface area contributed by atoms with E-state index in [1.165, 1.54) is 5.56 Å². The van der Waals surface area contributed by atoms with Gasteiger partial charge in [0, 0.05) is 25.7 Å². The quantitative estimate of drug-likeness (QED) is 0.750. The number of hydrogen-bond donors (Lipinski definition) is 1.